The number of carbonyl (C=O) groups excluding carboxylic acids is 1. The molecular weight excluding hydrogens is 429 g/mol. The van der Waals surface area contributed by atoms with E-state index in [4.69, 9.17) is 4.74 Å². The minimum absolute atomic E-state index is 0.0475. The number of anilines is 2. The Morgan fingerprint density at radius 1 is 1.32 bits per heavy atom. The first-order valence-corrected chi connectivity index (χ1v) is 11.1. The van der Waals surface area contributed by atoms with Crippen LogP contribution in [0, 0.1) is 11.7 Å². The van der Waals surface area contributed by atoms with Crippen LogP contribution in [-0.4, -0.2) is 50.1 Å². The number of hydrogen-bond donors (Lipinski definition) is 2. The lowest BCUT2D eigenvalue weighted by molar-refractivity contribution is -0.148. The van der Waals surface area contributed by atoms with Crippen molar-refractivity contribution in [3.8, 4) is 0 Å². The van der Waals surface area contributed by atoms with Crippen LogP contribution in [0.15, 0.2) is 41.4 Å². The van der Waals surface area contributed by atoms with E-state index in [9.17, 15) is 27.5 Å². The van der Waals surface area contributed by atoms with Gasteiger partial charge < -0.3 is 14.7 Å². The molecule has 3 rings (SSSR count). The summed E-state index contributed by atoms with van der Waals surface area (Å²) in [6, 6.07) is 5.39. The van der Waals surface area contributed by atoms with E-state index in [2.05, 4.69) is 9.71 Å². The van der Waals surface area contributed by atoms with Crippen LogP contribution < -0.4 is 9.62 Å². The maximum absolute atomic E-state index is 13.2. The van der Waals surface area contributed by atoms with Crippen molar-refractivity contribution in [2.75, 3.05) is 29.3 Å². The zero-order valence-corrected chi connectivity index (χ0v) is 17.6. The van der Waals surface area contributed by atoms with Gasteiger partial charge in [0.05, 0.1) is 28.7 Å². The number of nitrogens with one attached hydrogen (secondary N) is 1. The number of hydrogen-bond acceptors (Lipinski definition) is 7. The Morgan fingerprint density at radius 3 is 2.68 bits per heavy atom. The van der Waals surface area contributed by atoms with E-state index in [0.29, 0.717) is 19.4 Å². The van der Waals surface area contributed by atoms with Gasteiger partial charge in [0.15, 0.2) is 5.82 Å². The van der Waals surface area contributed by atoms with Crippen molar-refractivity contribution < 1.29 is 32.2 Å². The molecule has 31 heavy (non-hydrogen) atoms. The fourth-order valence-electron chi connectivity index (χ4n) is 3.34. The van der Waals surface area contributed by atoms with Gasteiger partial charge in [0, 0.05) is 19.3 Å². The van der Waals surface area contributed by atoms with E-state index < -0.39 is 27.7 Å². The van der Waals surface area contributed by atoms with E-state index in [1.54, 1.807) is 11.8 Å². The lowest BCUT2D eigenvalue weighted by Crippen LogP contribution is -2.40. The number of nitrogens with zero attached hydrogens (tertiary/aromatic N) is 2. The molecule has 9 nitrogen and oxygen atoms in total. The number of carboxylic acid groups (broad SMARTS) is 1. The summed E-state index contributed by atoms with van der Waals surface area (Å²) in [5.41, 5.74) is -0.256. The van der Waals surface area contributed by atoms with Gasteiger partial charge in [0.2, 0.25) is 0 Å². The van der Waals surface area contributed by atoms with Crippen molar-refractivity contribution in [2.45, 2.75) is 24.7 Å². The normalized spacial score (nSPS) is 16.6. The van der Waals surface area contributed by atoms with Crippen LogP contribution in [-0.2, 0) is 19.6 Å². The quantitative estimate of drug-likeness (QED) is 0.615. The molecule has 1 aromatic carbocycles. The third-order valence-corrected chi connectivity index (χ3v) is 6.20. The number of ether oxygens (including phenoxy) is 1. The lowest BCUT2D eigenvalue weighted by Gasteiger charge is -2.33. The van der Waals surface area contributed by atoms with Crippen LogP contribution in [0.2, 0.25) is 0 Å². The Morgan fingerprint density at radius 2 is 2.03 bits per heavy atom. The number of carbonyl (C=O) groups is 2. The zero-order valence-electron chi connectivity index (χ0n) is 16.7. The van der Waals surface area contributed by atoms with Crippen molar-refractivity contribution in [3.05, 3.63) is 47.9 Å². The zero-order chi connectivity index (χ0) is 22.6. The van der Waals surface area contributed by atoms with E-state index in [1.165, 1.54) is 6.07 Å². The molecule has 1 saturated heterocycles. The first-order valence-electron chi connectivity index (χ1n) is 9.64. The molecule has 2 heterocycles. The predicted molar refractivity (Wildman–Crippen MR) is 110 cm³/mol. The number of pyridine rings is 1. The highest BCUT2D eigenvalue weighted by Crippen LogP contribution is 2.31. The van der Waals surface area contributed by atoms with Gasteiger partial charge in [0.25, 0.3) is 10.0 Å². The topological polar surface area (TPSA) is 126 Å². The second-order valence-corrected chi connectivity index (χ2v) is 8.68. The van der Waals surface area contributed by atoms with Gasteiger partial charge in [0.1, 0.15) is 5.82 Å². The van der Waals surface area contributed by atoms with Gasteiger partial charge in [-0.05, 0) is 50.1 Å². The van der Waals surface area contributed by atoms with Crippen LogP contribution in [0.4, 0.5) is 15.9 Å². The average Bonchev–Trinajstić information content (AvgIpc) is 2.74. The number of sulfonamides is 1. The molecule has 2 N–H and O–H groups in total. The summed E-state index contributed by atoms with van der Waals surface area (Å²) in [6.07, 6.45) is 2.40. The number of esters is 1. The predicted octanol–water partition coefficient (Wildman–Crippen LogP) is 2.50. The minimum Gasteiger partial charge on any atom is -0.478 e. The van der Waals surface area contributed by atoms with Crippen molar-refractivity contribution >= 4 is 33.5 Å². The highest BCUT2D eigenvalue weighted by atomic mass is 32.2. The Balaban J connectivity index is 1.95. The van der Waals surface area contributed by atoms with Gasteiger partial charge in [-0.15, -0.1) is 0 Å². The monoisotopic (exact) mass is 451 g/mol. The second-order valence-electron chi connectivity index (χ2n) is 7.00. The molecule has 0 unspecified atom stereocenters. The van der Waals surface area contributed by atoms with E-state index >= 15 is 0 Å². The third kappa shape index (κ3) is 5.29. The maximum atomic E-state index is 13.2. The molecule has 1 aliphatic heterocycles. The highest BCUT2D eigenvalue weighted by molar-refractivity contribution is 7.92. The molecule has 11 heteroatoms. The number of aromatic nitrogens is 1. The summed E-state index contributed by atoms with van der Waals surface area (Å²) in [6.45, 7) is 2.72. The maximum Gasteiger partial charge on any atom is 0.337 e. The van der Waals surface area contributed by atoms with E-state index in [0.717, 1.165) is 30.5 Å². The number of aromatic carboxylic acids is 1. The smallest absolute Gasteiger partial charge is 0.337 e. The second kappa shape index (κ2) is 9.29. The molecule has 0 spiro atoms. The summed E-state index contributed by atoms with van der Waals surface area (Å²) >= 11 is 0. The van der Waals surface area contributed by atoms with Crippen LogP contribution in [0.1, 0.15) is 30.1 Å². The van der Waals surface area contributed by atoms with Gasteiger partial charge in [-0.2, -0.15) is 0 Å². The lowest BCUT2D eigenvalue weighted by atomic mass is 9.98. The first-order chi connectivity index (χ1) is 14.7. The largest absolute Gasteiger partial charge is 0.478 e. The van der Waals surface area contributed by atoms with Gasteiger partial charge in [-0.25, -0.2) is 22.6 Å². The number of halogens is 1. The minimum atomic E-state index is -4.14. The Bertz CT molecular complexity index is 1070. The van der Waals surface area contributed by atoms with Crippen molar-refractivity contribution in [1.29, 1.82) is 0 Å². The first kappa shape index (κ1) is 22.5. The van der Waals surface area contributed by atoms with E-state index in [1.807, 2.05) is 0 Å². The average molecular weight is 451 g/mol. The molecule has 0 amide bonds. The molecule has 0 saturated carbocycles. The molecular formula is C20H22FN3O6S. The van der Waals surface area contributed by atoms with Crippen LogP contribution in [0.3, 0.4) is 0 Å². The van der Waals surface area contributed by atoms with Crippen LogP contribution >= 0.6 is 0 Å². The molecule has 1 fully saturated rings. The van der Waals surface area contributed by atoms with Gasteiger partial charge in [-0.1, -0.05) is 0 Å². The number of rotatable bonds is 7. The molecule has 1 aliphatic rings. The van der Waals surface area contributed by atoms with Gasteiger partial charge in [-0.3, -0.25) is 9.52 Å². The fourth-order valence-corrected chi connectivity index (χ4v) is 4.39. The summed E-state index contributed by atoms with van der Waals surface area (Å²) < 4.78 is 46.2. The molecule has 1 atom stereocenters. The standard InChI is InChI=1S/C20H22FN3O6S/c1-2-30-20(27)13-4-3-9-24(12-13)18-17(10-14(11-22-18)19(25)26)23-31(28,29)16-7-5-15(21)6-8-16/h5-8,10-11,13,23H,2-4,9,12H2,1H3,(H,25,26)/t13-/m1/s1. The molecule has 0 aliphatic carbocycles. The SMILES string of the molecule is CCOC(=O)[C@@H]1CCCN(c2ncc(C(=O)O)cc2NS(=O)(=O)c2ccc(F)cc2)C1. The molecule has 166 valence electrons. The molecule has 2 aromatic rings. The third-order valence-electron chi connectivity index (χ3n) is 4.82. The van der Waals surface area contributed by atoms with E-state index in [-0.39, 0.29) is 41.1 Å². The summed E-state index contributed by atoms with van der Waals surface area (Å²) in [4.78, 5) is 29.2. The Hall–Kier alpha value is -3.21. The van der Waals surface area contributed by atoms with Gasteiger partial charge >= 0.3 is 11.9 Å². The Labute approximate surface area is 178 Å². The summed E-state index contributed by atoms with van der Waals surface area (Å²) in [7, 11) is -4.14. The number of benzene rings is 1. The molecule has 0 radical (unpaired) electrons. The summed E-state index contributed by atoms with van der Waals surface area (Å²) in [5.74, 6) is -2.42. The number of piperidine rings is 1. The van der Waals surface area contributed by atoms with Crippen LogP contribution in [0.5, 0.6) is 0 Å². The van der Waals surface area contributed by atoms with Crippen LogP contribution in [0.25, 0.3) is 0 Å². The Kier molecular flexibility index (Phi) is 6.74. The number of carboxylic acids is 1. The highest BCUT2D eigenvalue weighted by Gasteiger charge is 2.30. The molecule has 0 bridgehead atoms. The fraction of sp³-hybridized carbons (Fsp3) is 0.350. The van der Waals surface area contributed by atoms with Crippen molar-refractivity contribution in [3.63, 3.8) is 0 Å². The molecule has 1 aromatic heterocycles. The van der Waals surface area contributed by atoms with Crippen molar-refractivity contribution in [1.82, 2.24) is 4.98 Å². The summed E-state index contributed by atoms with van der Waals surface area (Å²) in [5, 5.41) is 9.30. The van der Waals surface area contributed by atoms with Crippen molar-refractivity contribution in [2.24, 2.45) is 5.92 Å².